The Balaban J connectivity index is 1.83. The van der Waals surface area contributed by atoms with Gasteiger partial charge in [0.25, 0.3) is 5.91 Å². The van der Waals surface area contributed by atoms with Gasteiger partial charge in [0, 0.05) is 12.1 Å². The molecular formula is C20H23NO4. The van der Waals surface area contributed by atoms with Crippen molar-refractivity contribution in [1.29, 1.82) is 0 Å². The van der Waals surface area contributed by atoms with Crippen LogP contribution in [0.25, 0.3) is 0 Å². The van der Waals surface area contributed by atoms with E-state index in [4.69, 9.17) is 9.47 Å². The summed E-state index contributed by atoms with van der Waals surface area (Å²) in [6, 6.07) is 15.1. The fourth-order valence-electron chi connectivity index (χ4n) is 2.34. The first-order valence-corrected chi connectivity index (χ1v) is 8.14. The van der Waals surface area contributed by atoms with Gasteiger partial charge in [-0.25, -0.2) is 0 Å². The van der Waals surface area contributed by atoms with Crippen molar-refractivity contribution in [2.75, 3.05) is 7.11 Å². The Bertz CT molecular complexity index is 725. The fraction of sp³-hybridized carbons (Fsp3) is 0.300. The Morgan fingerprint density at radius 2 is 1.76 bits per heavy atom. The first-order chi connectivity index (χ1) is 12.0. The third-order valence-corrected chi connectivity index (χ3v) is 3.79. The zero-order valence-corrected chi connectivity index (χ0v) is 14.7. The molecule has 2 rings (SSSR count). The van der Waals surface area contributed by atoms with E-state index in [-0.39, 0.29) is 12.3 Å². The van der Waals surface area contributed by atoms with Crippen LogP contribution in [-0.2, 0) is 27.3 Å². The predicted octanol–water partition coefficient (Wildman–Crippen LogP) is 2.79. The van der Waals surface area contributed by atoms with E-state index in [9.17, 15) is 9.59 Å². The Hall–Kier alpha value is -2.82. The van der Waals surface area contributed by atoms with Gasteiger partial charge in [-0.15, -0.1) is 0 Å². The van der Waals surface area contributed by atoms with Crippen LogP contribution in [0.15, 0.2) is 48.5 Å². The molecule has 0 unspecified atom stereocenters. The lowest BCUT2D eigenvalue weighted by atomic mass is 10.1. The second kappa shape index (κ2) is 8.87. The smallest absolute Gasteiger partial charge is 0.311 e. The van der Waals surface area contributed by atoms with Crippen LogP contribution >= 0.6 is 0 Å². The van der Waals surface area contributed by atoms with E-state index in [0.29, 0.717) is 12.3 Å². The third kappa shape index (κ3) is 5.64. The monoisotopic (exact) mass is 341 g/mol. The van der Waals surface area contributed by atoms with Crippen LogP contribution in [0.2, 0.25) is 0 Å². The molecule has 1 N–H and O–H groups in total. The molecule has 0 fully saturated rings. The standard InChI is InChI=1S/C20H23NO4/c1-14-8-10-16(11-9-14)13-21-20(23)15(2)25-19(22)12-17-6-4-5-7-18(17)24-3/h4-11,15H,12-13H2,1-3H3,(H,21,23)/t15-/m1/s1. The van der Waals surface area contributed by atoms with Crippen LogP contribution in [-0.4, -0.2) is 25.1 Å². The molecule has 0 radical (unpaired) electrons. The average molecular weight is 341 g/mol. The van der Waals surface area contributed by atoms with Crippen LogP contribution in [0.1, 0.15) is 23.6 Å². The number of hydrogen-bond acceptors (Lipinski definition) is 4. The van der Waals surface area contributed by atoms with Gasteiger partial charge in [0.1, 0.15) is 5.75 Å². The summed E-state index contributed by atoms with van der Waals surface area (Å²) in [5, 5.41) is 2.77. The zero-order chi connectivity index (χ0) is 18.2. The summed E-state index contributed by atoms with van der Waals surface area (Å²) in [6.45, 7) is 3.96. The van der Waals surface area contributed by atoms with E-state index in [2.05, 4.69) is 5.32 Å². The zero-order valence-electron chi connectivity index (χ0n) is 14.7. The molecule has 0 bridgehead atoms. The van der Waals surface area contributed by atoms with Crippen molar-refractivity contribution in [2.45, 2.75) is 32.9 Å². The van der Waals surface area contributed by atoms with Gasteiger partial charge in [-0.3, -0.25) is 9.59 Å². The van der Waals surface area contributed by atoms with E-state index < -0.39 is 12.1 Å². The van der Waals surface area contributed by atoms with E-state index in [0.717, 1.165) is 16.7 Å². The maximum atomic E-state index is 12.1. The summed E-state index contributed by atoms with van der Waals surface area (Å²) in [7, 11) is 1.55. The molecule has 2 aromatic carbocycles. The maximum Gasteiger partial charge on any atom is 0.311 e. The lowest BCUT2D eigenvalue weighted by Crippen LogP contribution is -2.35. The van der Waals surface area contributed by atoms with Crippen molar-refractivity contribution in [3.8, 4) is 5.75 Å². The van der Waals surface area contributed by atoms with Crippen molar-refractivity contribution < 1.29 is 19.1 Å². The van der Waals surface area contributed by atoms with Crippen LogP contribution in [0.4, 0.5) is 0 Å². The molecule has 5 nitrogen and oxygen atoms in total. The van der Waals surface area contributed by atoms with Crippen molar-refractivity contribution in [3.05, 3.63) is 65.2 Å². The highest BCUT2D eigenvalue weighted by atomic mass is 16.5. The SMILES string of the molecule is COc1ccccc1CC(=O)O[C@H](C)C(=O)NCc1ccc(C)cc1. The molecule has 0 heterocycles. The van der Waals surface area contributed by atoms with E-state index in [1.165, 1.54) is 0 Å². The second-order valence-electron chi connectivity index (χ2n) is 5.82. The summed E-state index contributed by atoms with van der Waals surface area (Å²) in [6.07, 6.45) is -0.799. The molecule has 0 aliphatic carbocycles. The van der Waals surface area contributed by atoms with Gasteiger partial charge in [0.15, 0.2) is 6.10 Å². The number of methoxy groups -OCH3 is 1. The van der Waals surface area contributed by atoms with Crippen molar-refractivity contribution in [1.82, 2.24) is 5.32 Å². The van der Waals surface area contributed by atoms with Gasteiger partial charge in [0.2, 0.25) is 0 Å². The third-order valence-electron chi connectivity index (χ3n) is 3.79. The Morgan fingerprint density at radius 3 is 2.44 bits per heavy atom. The molecule has 0 aliphatic rings. The normalized spacial score (nSPS) is 11.5. The summed E-state index contributed by atoms with van der Waals surface area (Å²) in [5.41, 5.74) is 2.88. The van der Waals surface area contributed by atoms with Gasteiger partial charge in [-0.05, 0) is 25.5 Å². The first kappa shape index (κ1) is 18.5. The minimum Gasteiger partial charge on any atom is -0.496 e. The summed E-state index contributed by atoms with van der Waals surface area (Å²) >= 11 is 0. The molecule has 0 spiro atoms. The molecule has 0 saturated carbocycles. The van der Waals surface area contributed by atoms with Gasteiger partial charge < -0.3 is 14.8 Å². The molecule has 1 amide bonds. The van der Waals surface area contributed by atoms with Crippen LogP contribution < -0.4 is 10.1 Å². The molecule has 0 saturated heterocycles. The molecule has 0 aliphatic heterocycles. The number of amides is 1. The molecule has 2 aromatic rings. The number of aryl methyl sites for hydroxylation is 1. The van der Waals surface area contributed by atoms with Crippen LogP contribution in [0.3, 0.4) is 0 Å². The quantitative estimate of drug-likeness (QED) is 0.787. The molecule has 132 valence electrons. The minimum atomic E-state index is -0.854. The number of hydrogen-bond donors (Lipinski definition) is 1. The number of para-hydroxylation sites is 1. The molecule has 0 aromatic heterocycles. The topological polar surface area (TPSA) is 64.6 Å². The predicted molar refractivity (Wildman–Crippen MR) is 95.3 cm³/mol. The maximum absolute atomic E-state index is 12.1. The highest BCUT2D eigenvalue weighted by Crippen LogP contribution is 2.18. The van der Waals surface area contributed by atoms with Gasteiger partial charge in [0.05, 0.1) is 13.5 Å². The Morgan fingerprint density at radius 1 is 1.08 bits per heavy atom. The molecule has 5 heteroatoms. The Kier molecular flexibility index (Phi) is 6.57. The summed E-state index contributed by atoms with van der Waals surface area (Å²) < 4.78 is 10.4. The van der Waals surface area contributed by atoms with E-state index in [1.54, 1.807) is 26.2 Å². The van der Waals surface area contributed by atoms with Gasteiger partial charge in [-0.2, -0.15) is 0 Å². The highest BCUT2D eigenvalue weighted by Gasteiger charge is 2.18. The number of carbonyl (C=O) groups excluding carboxylic acids is 2. The molecule has 1 atom stereocenters. The Labute approximate surface area is 148 Å². The number of benzene rings is 2. The lowest BCUT2D eigenvalue weighted by Gasteiger charge is -2.14. The fourth-order valence-corrected chi connectivity index (χ4v) is 2.34. The van der Waals surface area contributed by atoms with Gasteiger partial charge in [-0.1, -0.05) is 48.0 Å². The number of nitrogens with one attached hydrogen (secondary N) is 1. The van der Waals surface area contributed by atoms with Crippen LogP contribution in [0.5, 0.6) is 5.75 Å². The number of esters is 1. The number of carbonyl (C=O) groups is 2. The van der Waals surface area contributed by atoms with E-state index in [1.807, 2.05) is 43.3 Å². The lowest BCUT2D eigenvalue weighted by molar-refractivity contribution is -0.154. The van der Waals surface area contributed by atoms with Crippen molar-refractivity contribution in [3.63, 3.8) is 0 Å². The first-order valence-electron chi connectivity index (χ1n) is 8.14. The van der Waals surface area contributed by atoms with Crippen molar-refractivity contribution >= 4 is 11.9 Å². The summed E-state index contributed by atoms with van der Waals surface area (Å²) in [4.78, 5) is 24.1. The van der Waals surface area contributed by atoms with Crippen LogP contribution in [0, 0.1) is 6.92 Å². The number of ether oxygens (including phenoxy) is 2. The summed E-state index contributed by atoms with van der Waals surface area (Å²) in [5.74, 6) is -0.174. The van der Waals surface area contributed by atoms with Gasteiger partial charge >= 0.3 is 5.97 Å². The molecular weight excluding hydrogens is 318 g/mol. The molecule has 25 heavy (non-hydrogen) atoms. The highest BCUT2D eigenvalue weighted by molar-refractivity contribution is 5.84. The second-order valence-corrected chi connectivity index (χ2v) is 5.82. The average Bonchev–Trinajstić information content (AvgIpc) is 2.61. The largest absolute Gasteiger partial charge is 0.496 e. The van der Waals surface area contributed by atoms with E-state index >= 15 is 0 Å². The number of rotatable bonds is 7. The van der Waals surface area contributed by atoms with Crippen molar-refractivity contribution in [2.24, 2.45) is 0 Å². The minimum absolute atomic E-state index is 0.0552.